The molecular weight excluding hydrogens is 352 g/mol. The van der Waals surface area contributed by atoms with E-state index in [9.17, 15) is 4.79 Å². The first-order valence-corrected chi connectivity index (χ1v) is 9.08. The Morgan fingerprint density at radius 2 is 1.71 bits per heavy atom. The Balaban J connectivity index is 1.40. The molecule has 1 amide bonds. The Morgan fingerprint density at radius 1 is 1.04 bits per heavy atom. The fraction of sp³-hybridized carbons (Fsp3) is 0.130. The van der Waals surface area contributed by atoms with Crippen LogP contribution in [0.1, 0.15) is 12.5 Å². The highest BCUT2D eigenvalue weighted by atomic mass is 16.6. The lowest BCUT2D eigenvalue weighted by molar-refractivity contribution is -0.130. The molecule has 140 valence electrons. The fourth-order valence-corrected chi connectivity index (χ4v) is 2.92. The van der Waals surface area contributed by atoms with Gasteiger partial charge >= 0.3 is 0 Å². The summed E-state index contributed by atoms with van der Waals surface area (Å²) in [6, 6.07) is 21.7. The van der Waals surface area contributed by atoms with E-state index in [4.69, 9.17) is 9.47 Å². The minimum absolute atomic E-state index is 0.144. The molecule has 0 bridgehead atoms. The van der Waals surface area contributed by atoms with E-state index in [0.717, 1.165) is 16.3 Å². The number of nitrogens with one attached hydrogen (secondary N) is 1. The average molecular weight is 372 g/mol. The van der Waals surface area contributed by atoms with E-state index in [1.165, 1.54) is 0 Å². The van der Waals surface area contributed by atoms with Gasteiger partial charge in [0.05, 0.1) is 5.71 Å². The van der Waals surface area contributed by atoms with Crippen LogP contribution in [0.3, 0.4) is 0 Å². The Morgan fingerprint density at radius 3 is 2.46 bits per heavy atom. The smallest absolute Gasteiger partial charge is 0.284 e. The number of allylic oxidation sites excluding steroid dienone is 1. The molecule has 1 heterocycles. The second kappa shape index (κ2) is 7.96. The highest BCUT2D eigenvalue weighted by Crippen LogP contribution is 2.35. The molecule has 28 heavy (non-hydrogen) atoms. The largest absolute Gasteiger partial charge is 0.485 e. The maximum absolute atomic E-state index is 12.4. The van der Waals surface area contributed by atoms with Crippen molar-refractivity contribution in [3.8, 4) is 11.5 Å². The second-order valence-electron chi connectivity index (χ2n) is 6.54. The van der Waals surface area contributed by atoms with Crippen molar-refractivity contribution in [3.05, 3.63) is 78.4 Å². The number of rotatable bonds is 4. The van der Waals surface area contributed by atoms with Crippen LogP contribution in [0, 0.1) is 0 Å². The van der Waals surface area contributed by atoms with Crippen molar-refractivity contribution < 1.29 is 14.3 Å². The molecule has 0 spiro atoms. The molecule has 1 aliphatic heterocycles. The molecule has 5 heteroatoms. The molecule has 4 rings (SSSR count). The van der Waals surface area contributed by atoms with Crippen LogP contribution < -0.4 is 14.9 Å². The van der Waals surface area contributed by atoms with E-state index in [1.807, 2.05) is 85.8 Å². The average Bonchev–Trinajstić information content (AvgIpc) is 2.74. The summed E-state index contributed by atoms with van der Waals surface area (Å²) in [6.07, 6.45) is 3.03. The predicted octanol–water partition coefficient (Wildman–Crippen LogP) is 4.19. The summed E-state index contributed by atoms with van der Waals surface area (Å²) in [4.78, 5) is 12.4. The van der Waals surface area contributed by atoms with Gasteiger partial charge in [-0.1, -0.05) is 60.7 Å². The van der Waals surface area contributed by atoms with Crippen LogP contribution in [0.5, 0.6) is 11.5 Å². The first kappa shape index (κ1) is 17.8. The zero-order valence-electron chi connectivity index (χ0n) is 15.5. The van der Waals surface area contributed by atoms with Gasteiger partial charge in [0.15, 0.2) is 11.5 Å². The molecule has 1 unspecified atom stereocenters. The van der Waals surface area contributed by atoms with Gasteiger partial charge in [0.25, 0.3) is 5.91 Å². The molecule has 5 nitrogen and oxygen atoms in total. The first-order valence-electron chi connectivity index (χ1n) is 9.08. The van der Waals surface area contributed by atoms with Gasteiger partial charge in [-0.3, -0.25) is 4.79 Å². The molecule has 1 aliphatic rings. The van der Waals surface area contributed by atoms with Gasteiger partial charge < -0.3 is 9.47 Å². The number of benzene rings is 3. The van der Waals surface area contributed by atoms with Crippen LogP contribution in [-0.4, -0.2) is 24.3 Å². The van der Waals surface area contributed by atoms with E-state index in [2.05, 4.69) is 10.5 Å². The van der Waals surface area contributed by atoms with Gasteiger partial charge in [0.1, 0.15) is 6.61 Å². The van der Waals surface area contributed by atoms with Gasteiger partial charge in [0, 0.05) is 0 Å². The van der Waals surface area contributed by atoms with Gasteiger partial charge in [-0.25, -0.2) is 5.43 Å². The van der Waals surface area contributed by atoms with E-state index in [0.29, 0.717) is 17.2 Å². The third-order valence-corrected chi connectivity index (χ3v) is 4.42. The maximum atomic E-state index is 12.4. The normalized spacial score (nSPS) is 16.3. The molecule has 1 N–H and O–H groups in total. The number of nitrogens with zero attached hydrogens (tertiary/aromatic N) is 1. The van der Waals surface area contributed by atoms with E-state index in [1.54, 1.807) is 0 Å². The van der Waals surface area contributed by atoms with Crippen LogP contribution >= 0.6 is 0 Å². The predicted molar refractivity (Wildman–Crippen MR) is 111 cm³/mol. The van der Waals surface area contributed by atoms with Crippen molar-refractivity contribution in [2.24, 2.45) is 5.10 Å². The number of carbonyl (C=O) groups excluding carboxylic acids is 1. The summed E-state index contributed by atoms with van der Waals surface area (Å²) in [6.45, 7) is 1.96. The standard InChI is InChI=1S/C23H20N2O3/c1-16(11-12-17-7-3-2-4-8-17)24-25-23(26)22-15-27-20-13-18-9-5-6-10-19(18)14-21(20)28-22/h2-14,22H,15H2,1H3,(H,25,26)/b12-11+,24-16-. The molecule has 0 radical (unpaired) electrons. The molecule has 0 aliphatic carbocycles. The molecule has 3 aromatic rings. The molecular formula is C23H20N2O3. The molecule has 3 aromatic carbocycles. The zero-order valence-corrected chi connectivity index (χ0v) is 15.5. The molecule has 0 saturated heterocycles. The first-order chi connectivity index (χ1) is 13.7. The number of amides is 1. The third kappa shape index (κ3) is 4.04. The molecule has 1 atom stereocenters. The van der Waals surface area contributed by atoms with Gasteiger partial charge in [-0.2, -0.15) is 5.10 Å². The third-order valence-electron chi connectivity index (χ3n) is 4.42. The molecule has 0 saturated carbocycles. The van der Waals surface area contributed by atoms with E-state index in [-0.39, 0.29) is 12.5 Å². The summed E-state index contributed by atoms with van der Waals surface area (Å²) in [5.74, 6) is 0.870. The van der Waals surface area contributed by atoms with Crippen molar-refractivity contribution >= 4 is 28.5 Å². The number of ether oxygens (including phenoxy) is 2. The minimum Gasteiger partial charge on any atom is -0.485 e. The minimum atomic E-state index is -0.747. The maximum Gasteiger partial charge on any atom is 0.284 e. The monoisotopic (exact) mass is 372 g/mol. The number of hydrogen-bond donors (Lipinski definition) is 1. The van der Waals surface area contributed by atoms with Gasteiger partial charge in [0.2, 0.25) is 6.10 Å². The van der Waals surface area contributed by atoms with Gasteiger partial charge in [-0.05, 0) is 41.5 Å². The van der Waals surface area contributed by atoms with Crippen LogP contribution in [0.2, 0.25) is 0 Å². The number of hydrogen-bond acceptors (Lipinski definition) is 4. The lowest BCUT2D eigenvalue weighted by Crippen LogP contribution is -2.42. The molecule has 0 aromatic heterocycles. The van der Waals surface area contributed by atoms with Crippen molar-refractivity contribution in [1.82, 2.24) is 5.43 Å². The Bertz CT molecular complexity index is 1060. The van der Waals surface area contributed by atoms with Crippen molar-refractivity contribution in [1.29, 1.82) is 0 Å². The summed E-state index contributed by atoms with van der Waals surface area (Å²) < 4.78 is 11.6. The lowest BCUT2D eigenvalue weighted by atomic mass is 10.1. The molecule has 0 fully saturated rings. The van der Waals surface area contributed by atoms with Crippen LogP contribution in [-0.2, 0) is 4.79 Å². The van der Waals surface area contributed by atoms with Crippen molar-refractivity contribution in [2.75, 3.05) is 6.61 Å². The van der Waals surface area contributed by atoms with Crippen molar-refractivity contribution in [2.45, 2.75) is 13.0 Å². The second-order valence-corrected chi connectivity index (χ2v) is 6.54. The Kier molecular flexibility index (Phi) is 5.06. The Hall–Kier alpha value is -3.60. The highest BCUT2D eigenvalue weighted by Gasteiger charge is 2.27. The van der Waals surface area contributed by atoms with Crippen LogP contribution in [0.4, 0.5) is 0 Å². The van der Waals surface area contributed by atoms with E-state index >= 15 is 0 Å². The van der Waals surface area contributed by atoms with Crippen molar-refractivity contribution in [3.63, 3.8) is 0 Å². The fourth-order valence-electron chi connectivity index (χ4n) is 2.92. The number of hydrazone groups is 1. The van der Waals surface area contributed by atoms with Crippen LogP contribution in [0.15, 0.2) is 77.9 Å². The summed E-state index contributed by atoms with van der Waals surface area (Å²) in [5, 5.41) is 6.22. The zero-order chi connectivity index (χ0) is 19.3. The van der Waals surface area contributed by atoms with Crippen LogP contribution in [0.25, 0.3) is 16.8 Å². The summed E-state index contributed by atoms with van der Waals surface area (Å²) in [7, 11) is 0. The van der Waals surface area contributed by atoms with E-state index < -0.39 is 6.10 Å². The highest BCUT2D eigenvalue weighted by molar-refractivity contribution is 5.97. The topological polar surface area (TPSA) is 59.9 Å². The Labute approximate surface area is 163 Å². The summed E-state index contributed by atoms with van der Waals surface area (Å²) in [5.41, 5.74) is 4.30. The SMILES string of the molecule is CC(/C=C/c1ccccc1)=N/NC(=O)C1COc2cc3ccccc3cc2O1. The number of carbonyl (C=O) groups is 1. The lowest BCUT2D eigenvalue weighted by Gasteiger charge is -2.25. The summed E-state index contributed by atoms with van der Waals surface area (Å²) >= 11 is 0. The number of fused-ring (bicyclic) bond motifs is 2. The van der Waals surface area contributed by atoms with Gasteiger partial charge in [-0.15, -0.1) is 0 Å². The quantitative estimate of drug-likeness (QED) is 0.552.